The maximum Gasteiger partial charge on any atom is 0.335 e. The molecule has 3 N–H and O–H groups in total. The Morgan fingerprint density at radius 3 is 2.38 bits per heavy atom. The van der Waals surface area contributed by atoms with E-state index >= 15 is 0 Å². The van der Waals surface area contributed by atoms with Gasteiger partial charge >= 0.3 is 5.97 Å². The van der Waals surface area contributed by atoms with Crippen molar-refractivity contribution in [3.63, 3.8) is 0 Å². The molecule has 42 heavy (non-hydrogen) atoms. The summed E-state index contributed by atoms with van der Waals surface area (Å²) in [6.45, 7) is 0.993. The van der Waals surface area contributed by atoms with E-state index in [0.29, 0.717) is 59.6 Å². The second-order valence-corrected chi connectivity index (χ2v) is 12.0. The van der Waals surface area contributed by atoms with E-state index in [1.165, 1.54) is 12.1 Å². The van der Waals surface area contributed by atoms with Gasteiger partial charge in [-0.1, -0.05) is 41.9 Å². The van der Waals surface area contributed by atoms with Crippen molar-refractivity contribution in [1.82, 2.24) is 9.88 Å². The van der Waals surface area contributed by atoms with Gasteiger partial charge in [0.1, 0.15) is 17.5 Å². The number of amides is 1. The van der Waals surface area contributed by atoms with Crippen molar-refractivity contribution in [3.8, 4) is 16.2 Å². The van der Waals surface area contributed by atoms with Gasteiger partial charge in [-0.2, -0.15) is 0 Å². The first-order valence-electron chi connectivity index (χ1n) is 13.9. The van der Waals surface area contributed by atoms with E-state index in [1.807, 2.05) is 30.3 Å². The van der Waals surface area contributed by atoms with Crippen LogP contribution in [0.2, 0.25) is 5.02 Å². The van der Waals surface area contributed by atoms with Crippen LogP contribution in [0.5, 0.6) is 5.75 Å². The average molecular weight is 604 g/mol. The lowest BCUT2D eigenvalue weighted by Crippen LogP contribution is -2.41. The molecule has 0 bridgehead atoms. The number of nitrogens with zero attached hydrogens (tertiary/aromatic N) is 2. The van der Waals surface area contributed by atoms with E-state index in [1.54, 1.807) is 46.6 Å². The number of hydrogen-bond donors (Lipinski definition) is 3. The van der Waals surface area contributed by atoms with Crippen LogP contribution in [0.15, 0.2) is 72.8 Å². The Balaban J connectivity index is 1.12. The molecular weight excluding hydrogens is 574 g/mol. The Bertz CT molecular complexity index is 1580. The summed E-state index contributed by atoms with van der Waals surface area (Å²) in [7, 11) is 0. The zero-order valence-corrected chi connectivity index (χ0v) is 24.3. The molecule has 216 valence electrons. The highest BCUT2D eigenvalue weighted by Gasteiger charge is 2.31. The molecule has 1 saturated heterocycles. The first-order valence-corrected chi connectivity index (χ1v) is 15.1. The first kappa shape index (κ1) is 28.2. The van der Waals surface area contributed by atoms with Crippen LogP contribution in [0.3, 0.4) is 0 Å². The molecule has 1 aliphatic heterocycles. The molecule has 1 saturated carbocycles. The van der Waals surface area contributed by atoms with Gasteiger partial charge in [-0.15, -0.1) is 11.3 Å². The number of piperidine rings is 1. The van der Waals surface area contributed by atoms with Crippen molar-refractivity contribution in [2.75, 3.05) is 18.4 Å². The third-order valence-corrected chi connectivity index (χ3v) is 9.14. The molecule has 2 aliphatic rings. The minimum absolute atomic E-state index is 0.0826. The van der Waals surface area contributed by atoms with Crippen molar-refractivity contribution >= 4 is 40.5 Å². The number of carboxylic acids is 1. The summed E-state index contributed by atoms with van der Waals surface area (Å²) in [5.41, 5.74) is 2.72. The predicted molar refractivity (Wildman–Crippen MR) is 163 cm³/mol. The Morgan fingerprint density at radius 1 is 1.00 bits per heavy atom. The van der Waals surface area contributed by atoms with Gasteiger partial charge in [-0.3, -0.25) is 4.79 Å². The van der Waals surface area contributed by atoms with Crippen molar-refractivity contribution in [2.45, 2.75) is 43.9 Å². The summed E-state index contributed by atoms with van der Waals surface area (Å²) in [6, 6.07) is 21.3. The lowest BCUT2D eigenvalue weighted by molar-refractivity contribution is 0.0595. The minimum atomic E-state index is -1.06. The van der Waals surface area contributed by atoms with E-state index in [9.17, 15) is 14.7 Å². The topological polar surface area (TPSA) is 112 Å². The van der Waals surface area contributed by atoms with E-state index in [0.717, 1.165) is 28.3 Å². The zero-order chi connectivity index (χ0) is 29.2. The molecule has 2 heterocycles. The third-order valence-electron chi connectivity index (χ3n) is 7.52. The van der Waals surface area contributed by atoms with Gasteiger partial charge in [0.2, 0.25) is 0 Å². The highest BCUT2D eigenvalue weighted by Crippen LogP contribution is 2.46. The fourth-order valence-corrected chi connectivity index (χ4v) is 6.53. The van der Waals surface area contributed by atoms with Crippen LogP contribution in [0, 0.1) is 0 Å². The number of likely N-dealkylation sites (tertiary alicyclic amines) is 1. The molecule has 3 aromatic carbocycles. The molecule has 4 aromatic rings. The number of hydrogen-bond acceptors (Lipinski definition) is 7. The van der Waals surface area contributed by atoms with Crippen LogP contribution in [0.4, 0.5) is 5.69 Å². The number of aliphatic hydroxyl groups is 1. The number of rotatable bonds is 9. The SMILES string of the molecule is O=C(O)c1ccc(OC2CCN(C(=O)c3cc(NC(O)c4nc(C5CC5)sc4-c4ccccc4)ccc3Cl)CC2)cc1. The number of thiazole rings is 1. The summed E-state index contributed by atoms with van der Waals surface area (Å²) in [5.74, 6) is -0.101. The largest absolute Gasteiger partial charge is 0.490 e. The molecule has 1 atom stereocenters. The van der Waals surface area contributed by atoms with Crippen LogP contribution in [-0.4, -0.2) is 51.2 Å². The van der Waals surface area contributed by atoms with Crippen molar-refractivity contribution < 1.29 is 24.5 Å². The second kappa shape index (κ2) is 12.1. The predicted octanol–water partition coefficient (Wildman–Crippen LogP) is 6.83. The van der Waals surface area contributed by atoms with E-state index in [-0.39, 0.29) is 17.6 Å². The van der Waals surface area contributed by atoms with Gasteiger partial charge in [-0.05, 0) is 60.9 Å². The highest BCUT2D eigenvalue weighted by molar-refractivity contribution is 7.15. The minimum Gasteiger partial charge on any atom is -0.490 e. The fourth-order valence-electron chi connectivity index (χ4n) is 5.06. The van der Waals surface area contributed by atoms with Gasteiger partial charge in [0.25, 0.3) is 5.91 Å². The molecule has 0 spiro atoms. The molecule has 1 aliphatic carbocycles. The summed E-state index contributed by atoms with van der Waals surface area (Å²) in [4.78, 5) is 32.0. The maximum atomic E-state index is 13.5. The number of anilines is 1. The average Bonchev–Trinajstić information content (AvgIpc) is 3.76. The van der Waals surface area contributed by atoms with Gasteiger partial charge in [-0.25, -0.2) is 9.78 Å². The number of benzene rings is 3. The Labute approximate surface area is 252 Å². The second-order valence-electron chi connectivity index (χ2n) is 10.6. The smallest absolute Gasteiger partial charge is 0.335 e. The first-order chi connectivity index (χ1) is 20.4. The lowest BCUT2D eigenvalue weighted by atomic mass is 10.1. The molecule has 1 unspecified atom stereocenters. The van der Waals surface area contributed by atoms with E-state index < -0.39 is 12.2 Å². The quantitative estimate of drug-likeness (QED) is 0.180. The normalized spacial score (nSPS) is 16.2. The maximum absolute atomic E-state index is 13.5. The van der Waals surface area contributed by atoms with Crippen molar-refractivity contribution in [1.29, 1.82) is 0 Å². The summed E-state index contributed by atoms with van der Waals surface area (Å²) in [5, 5.41) is 24.8. The van der Waals surface area contributed by atoms with Gasteiger partial charge < -0.3 is 25.2 Å². The number of aromatic nitrogens is 1. The molecule has 0 radical (unpaired) electrons. The van der Waals surface area contributed by atoms with Gasteiger partial charge in [0.05, 0.1) is 26.0 Å². The Kier molecular flexibility index (Phi) is 8.15. The van der Waals surface area contributed by atoms with Crippen LogP contribution in [-0.2, 0) is 0 Å². The molecule has 10 heteroatoms. The van der Waals surface area contributed by atoms with Crippen molar-refractivity contribution in [2.24, 2.45) is 0 Å². The number of carbonyl (C=O) groups excluding carboxylic acids is 1. The van der Waals surface area contributed by atoms with Crippen LogP contribution < -0.4 is 10.1 Å². The summed E-state index contributed by atoms with van der Waals surface area (Å²) >= 11 is 8.10. The number of halogens is 1. The van der Waals surface area contributed by atoms with Gasteiger partial charge in [0.15, 0.2) is 6.23 Å². The van der Waals surface area contributed by atoms with Gasteiger partial charge in [0, 0.05) is 37.5 Å². The number of ether oxygens (including phenoxy) is 1. The number of aliphatic hydroxyl groups excluding tert-OH is 1. The zero-order valence-electron chi connectivity index (χ0n) is 22.7. The molecule has 2 fully saturated rings. The van der Waals surface area contributed by atoms with Crippen LogP contribution in [0.25, 0.3) is 10.4 Å². The van der Waals surface area contributed by atoms with Crippen molar-refractivity contribution in [3.05, 3.63) is 99.6 Å². The Morgan fingerprint density at radius 2 is 1.71 bits per heavy atom. The number of nitrogens with one attached hydrogen (secondary N) is 1. The molecule has 1 aromatic heterocycles. The number of carboxylic acid groups (broad SMARTS) is 1. The highest BCUT2D eigenvalue weighted by atomic mass is 35.5. The number of carbonyl (C=O) groups is 2. The van der Waals surface area contributed by atoms with Crippen LogP contribution >= 0.6 is 22.9 Å². The third kappa shape index (κ3) is 6.28. The Hall–Kier alpha value is -3.92. The van der Waals surface area contributed by atoms with E-state index in [4.69, 9.17) is 26.4 Å². The monoisotopic (exact) mass is 603 g/mol. The molecular formula is C32H30ClN3O5S. The molecule has 1 amide bonds. The number of aromatic carboxylic acids is 1. The lowest BCUT2D eigenvalue weighted by Gasteiger charge is -2.32. The molecule has 6 rings (SSSR count). The fraction of sp³-hybridized carbons (Fsp3) is 0.281. The molecule has 8 nitrogen and oxygen atoms in total. The summed E-state index contributed by atoms with van der Waals surface area (Å²) in [6.07, 6.45) is 2.37. The van der Waals surface area contributed by atoms with Crippen LogP contribution in [0.1, 0.15) is 69.2 Å². The van der Waals surface area contributed by atoms with E-state index in [2.05, 4.69) is 5.32 Å². The summed E-state index contributed by atoms with van der Waals surface area (Å²) < 4.78 is 6.01. The standard InChI is InChI=1S/C32H30ClN3O5S/c33-26-13-10-22(34-29(37)27-28(19-4-2-1-3-5-19)42-30(35-27)20-6-7-20)18-25(26)31(38)36-16-14-24(15-17-36)41-23-11-8-21(9-12-23)32(39)40/h1-5,8-13,18,20,24,29,34,37H,6-7,14-17H2,(H,39,40).